The predicted octanol–water partition coefficient (Wildman–Crippen LogP) is 5.70. The quantitative estimate of drug-likeness (QED) is 0.462. The molecule has 2 amide bonds. The number of rotatable bonds is 4. The minimum atomic E-state index is -0.467. The smallest absolute Gasteiger partial charge is 0.274 e. The highest BCUT2D eigenvalue weighted by atomic mass is 32.1. The Bertz CT molecular complexity index is 1350. The van der Waals surface area contributed by atoms with Crippen LogP contribution in [0.25, 0.3) is 0 Å². The number of nitrogens with one attached hydrogen (secondary N) is 2. The van der Waals surface area contributed by atoms with Gasteiger partial charge in [-0.2, -0.15) is 10.5 Å². The lowest BCUT2D eigenvalue weighted by atomic mass is 9.88. The third-order valence-electron chi connectivity index (χ3n) is 6.92. The van der Waals surface area contributed by atoms with Gasteiger partial charge >= 0.3 is 0 Å². The van der Waals surface area contributed by atoms with Gasteiger partial charge < -0.3 is 10.6 Å². The van der Waals surface area contributed by atoms with Gasteiger partial charge in [-0.3, -0.25) is 9.59 Å². The van der Waals surface area contributed by atoms with E-state index in [1.54, 1.807) is 18.2 Å². The fourth-order valence-corrected chi connectivity index (χ4v) is 7.65. The summed E-state index contributed by atoms with van der Waals surface area (Å²) in [4.78, 5) is 32.6. The standard InChI is InChI=1S/C27H25N5O2S2/c1-14-6-8-16-18(12-28)26(35-22(16)10-14)31-24(33)20-4-3-5-21(30-20)25(34)32-27-19(13-29)17-9-7-15(2)11-23(17)36-27/h3-5,14-15H,6-11H2,1-2H3,(H,31,33)(H,32,34)/t14-,15-/m0/s1. The maximum atomic E-state index is 13.0. The summed E-state index contributed by atoms with van der Waals surface area (Å²) >= 11 is 2.90. The molecule has 36 heavy (non-hydrogen) atoms. The largest absolute Gasteiger partial charge is 0.311 e. The van der Waals surface area contributed by atoms with Crippen molar-refractivity contribution in [1.82, 2.24) is 4.98 Å². The van der Waals surface area contributed by atoms with E-state index >= 15 is 0 Å². The van der Waals surface area contributed by atoms with Gasteiger partial charge in [0.15, 0.2) is 0 Å². The van der Waals surface area contributed by atoms with Crippen LogP contribution in [-0.4, -0.2) is 16.8 Å². The summed E-state index contributed by atoms with van der Waals surface area (Å²) in [5.41, 5.74) is 3.32. The van der Waals surface area contributed by atoms with Crippen molar-refractivity contribution in [1.29, 1.82) is 10.5 Å². The Hall–Kier alpha value is -3.53. The number of thiophene rings is 2. The molecule has 3 heterocycles. The molecule has 2 N–H and O–H groups in total. The molecule has 0 unspecified atom stereocenters. The van der Waals surface area contributed by atoms with Crippen LogP contribution >= 0.6 is 22.7 Å². The molecule has 0 aromatic carbocycles. The van der Waals surface area contributed by atoms with Crippen LogP contribution in [0.1, 0.15) is 79.7 Å². The van der Waals surface area contributed by atoms with E-state index in [0.717, 1.165) is 59.4 Å². The van der Waals surface area contributed by atoms with Gasteiger partial charge in [0.1, 0.15) is 33.5 Å². The zero-order valence-corrected chi connectivity index (χ0v) is 21.7. The van der Waals surface area contributed by atoms with E-state index in [1.165, 1.54) is 22.7 Å². The normalized spacial score (nSPS) is 18.3. The van der Waals surface area contributed by atoms with E-state index in [0.29, 0.717) is 33.0 Å². The van der Waals surface area contributed by atoms with Gasteiger partial charge in [-0.25, -0.2) is 4.98 Å². The number of amides is 2. The second-order valence-electron chi connectivity index (χ2n) is 9.65. The van der Waals surface area contributed by atoms with Crippen LogP contribution in [0.3, 0.4) is 0 Å². The summed E-state index contributed by atoms with van der Waals surface area (Å²) < 4.78 is 0. The van der Waals surface area contributed by atoms with Gasteiger partial charge in [0.2, 0.25) is 0 Å². The lowest BCUT2D eigenvalue weighted by molar-refractivity contribution is 0.101. The van der Waals surface area contributed by atoms with E-state index in [-0.39, 0.29) is 11.4 Å². The number of carbonyl (C=O) groups excluding carboxylic acids is 2. The van der Waals surface area contributed by atoms with Gasteiger partial charge in [-0.15, -0.1) is 22.7 Å². The molecule has 3 aromatic heterocycles. The van der Waals surface area contributed by atoms with Gasteiger partial charge in [-0.05, 0) is 73.6 Å². The fraction of sp³-hybridized carbons (Fsp3) is 0.370. The Morgan fingerprint density at radius 2 is 1.31 bits per heavy atom. The number of nitriles is 2. The summed E-state index contributed by atoms with van der Waals surface area (Å²) in [6.07, 6.45) is 5.57. The molecule has 0 fully saturated rings. The highest BCUT2D eigenvalue weighted by Crippen LogP contribution is 2.40. The van der Waals surface area contributed by atoms with Gasteiger partial charge in [-0.1, -0.05) is 19.9 Å². The first-order chi connectivity index (χ1) is 17.4. The molecular weight excluding hydrogens is 490 g/mol. The number of anilines is 2. The van der Waals surface area contributed by atoms with E-state index < -0.39 is 11.8 Å². The second kappa shape index (κ2) is 9.85. The third kappa shape index (κ3) is 4.53. The van der Waals surface area contributed by atoms with Gasteiger partial charge in [0.05, 0.1) is 11.1 Å². The van der Waals surface area contributed by atoms with Crippen molar-refractivity contribution in [2.24, 2.45) is 11.8 Å². The highest BCUT2D eigenvalue weighted by Gasteiger charge is 2.27. The Kier molecular flexibility index (Phi) is 6.61. The van der Waals surface area contributed by atoms with Crippen LogP contribution in [0.5, 0.6) is 0 Å². The van der Waals surface area contributed by atoms with Crippen molar-refractivity contribution >= 4 is 44.5 Å². The number of fused-ring (bicyclic) bond motifs is 2. The average Bonchev–Trinajstić information content (AvgIpc) is 3.39. The summed E-state index contributed by atoms with van der Waals surface area (Å²) in [6, 6.07) is 9.19. The molecule has 0 aliphatic heterocycles. The summed E-state index contributed by atoms with van der Waals surface area (Å²) in [6.45, 7) is 4.39. The molecule has 0 radical (unpaired) electrons. The van der Waals surface area contributed by atoms with Crippen LogP contribution in [-0.2, 0) is 25.7 Å². The first kappa shape index (κ1) is 24.2. The SMILES string of the molecule is C[C@H]1CCc2c(sc(NC(=O)c3cccc(C(=O)Nc4sc5c(c4C#N)CC[C@H](C)C5)n3)c2C#N)C1. The Balaban J connectivity index is 1.35. The minimum absolute atomic E-state index is 0.0890. The molecular formula is C27H25N5O2S2. The van der Waals surface area contributed by atoms with Crippen molar-refractivity contribution in [3.8, 4) is 12.1 Å². The van der Waals surface area contributed by atoms with Crippen LogP contribution < -0.4 is 10.6 Å². The average molecular weight is 516 g/mol. The highest BCUT2D eigenvalue weighted by molar-refractivity contribution is 7.17. The molecule has 2 aliphatic carbocycles. The molecule has 9 heteroatoms. The summed E-state index contributed by atoms with van der Waals surface area (Å²) in [7, 11) is 0. The molecule has 3 aromatic rings. The van der Waals surface area contributed by atoms with Crippen LogP contribution in [0.15, 0.2) is 18.2 Å². The Morgan fingerprint density at radius 1 is 0.861 bits per heavy atom. The molecule has 0 spiro atoms. The van der Waals surface area contributed by atoms with Crippen molar-refractivity contribution in [3.05, 3.63) is 61.6 Å². The maximum absolute atomic E-state index is 13.0. The van der Waals surface area contributed by atoms with E-state index in [2.05, 4.69) is 41.6 Å². The second-order valence-corrected chi connectivity index (χ2v) is 11.9. The zero-order chi connectivity index (χ0) is 25.4. The minimum Gasteiger partial charge on any atom is -0.311 e. The first-order valence-electron chi connectivity index (χ1n) is 12.1. The zero-order valence-electron chi connectivity index (χ0n) is 20.1. The number of pyridine rings is 1. The van der Waals surface area contributed by atoms with Crippen molar-refractivity contribution in [3.63, 3.8) is 0 Å². The number of aromatic nitrogens is 1. The van der Waals surface area contributed by atoms with E-state index in [1.807, 2.05) is 0 Å². The lowest BCUT2D eigenvalue weighted by Gasteiger charge is -2.17. The third-order valence-corrected chi connectivity index (χ3v) is 9.26. The molecule has 0 saturated heterocycles. The lowest BCUT2D eigenvalue weighted by Crippen LogP contribution is -2.18. The predicted molar refractivity (Wildman–Crippen MR) is 141 cm³/mol. The van der Waals surface area contributed by atoms with Crippen molar-refractivity contribution in [2.45, 2.75) is 52.4 Å². The fourth-order valence-electron chi connectivity index (χ4n) is 4.94. The Labute approximate surface area is 217 Å². The van der Waals surface area contributed by atoms with Crippen LogP contribution in [0.2, 0.25) is 0 Å². The van der Waals surface area contributed by atoms with Gasteiger partial charge in [0, 0.05) is 9.75 Å². The molecule has 0 bridgehead atoms. The van der Waals surface area contributed by atoms with Crippen LogP contribution in [0.4, 0.5) is 10.0 Å². The molecule has 182 valence electrons. The number of hydrogen-bond acceptors (Lipinski definition) is 7. The maximum Gasteiger partial charge on any atom is 0.274 e. The van der Waals surface area contributed by atoms with E-state index in [4.69, 9.17) is 0 Å². The Morgan fingerprint density at radius 3 is 1.72 bits per heavy atom. The van der Waals surface area contributed by atoms with Crippen molar-refractivity contribution in [2.75, 3.05) is 10.6 Å². The number of hydrogen-bond donors (Lipinski definition) is 2. The molecule has 2 aliphatic rings. The van der Waals surface area contributed by atoms with E-state index in [9.17, 15) is 20.1 Å². The van der Waals surface area contributed by atoms with Crippen LogP contribution in [0, 0.1) is 34.5 Å². The monoisotopic (exact) mass is 515 g/mol. The topological polar surface area (TPSA) is 119 Å². The molecule has 0 saturated carbocycles. The molecule has 2 atom stereocenters. The summed E-state index contributed by atoms with van der Waals surface area (Å²) in [5.74, 6) is 0.182. The first-order valence-corrected chi connectivity index (χ1v) is 13.7. The number of carbonyl (C=O) groups is 2. The molecule has 5 rings (SSSR count). The summed E-state index contributed by atoms with van der Waals surface area (Å²) in [5, 5.41) is 26.2. The van der Waals surface area contributed by atoms with Crippen molar-refractivity contribution < 1.29 is 9.59 Å². The van der Waals surface area contributed by atoms with Gasteiger partial charge in [0.25, 0.3) is 11.8 Å². The molecule has 7 nitrogen and oxygen atoms in total. The number of nitrogens with zero attached hydrogens (tertiary/aromatic N) is 3.